The zero-order valence-electron chi connectivity index (χ0n) is 13.5. The first-order chi connectivity index (χ1) is 12.3. The Kier molecular flexibility index (Phi) is 4.44. The van der Waals surface area contributed by atoms with Crippen molar-refractivity contribution in [1.29, 1.82) is 0 Å². The van der Waals surface area contributed by atoms with E-state index in [1.165, 1.54) is 5.56 Å². The summed E-state index contributed by atoms with van der Waals surface area (Å²) in [5.74, 6) is 1.58. The van der Waals surface area contributed by atoms with Crippen LogP contribution >= 0.6 is 15.9 Å². The van der Waals surface area contributed by atoms with Gasteiger partial charge in [-0.05, 0) is 23.8 Å². The van der Waals surface area contributed by atoms with Gasteiger partial charge in [-0.2, -0.15) is 0 Å². The number of nitrogens with zero attached hydrogens (tertiary/aromatic N) is 2. The lowest BCUT2D eigenvalue weighted by atomic mass is 10.1. The van der Waals surface area contributed by atoms with E-state index in [1.807, 2.05) is 72.8 Å². The highest BCUT2D eigenvalue weighted by Crippen LogP contribution is 2.26. The molecule has 0 aliphatic rings. The van der Waals surface area contributed by atoms with Crippen molar-refractivity contribution in [2.45, 2.75) is 6.54 Å². The van der Waals surface area contributed by atoms with Crippen LogP contribution in [0.15, 0.2) is 83.3 Å². The quantitative estimate of drug-likeness (QED) is 0.488. The molecule has 0 atom stereocenters. The van der Waals surface area contributed by atoms with E-state index in [1.54, 1.807) is 0 Å². The van der Waals surface area contributed by atoms with Gasteiger partial charge in [0.05, 0.1) is 5.52 Å². The van der Waals surface area contributed by atoms with E-state index >= 15 is 0 Å². The molecule has 0 spiro atoms. The fraction of sp³-hybridized carbons (Fsp3) is 0.0476. The monoisotopic (exact) mass is 389 g/mol. The maximum absolute atomic E-state index is 4.78. The first kappa shape index (κ1) is 15.8. The van der Waals surface area contributed by atoms with Gasteiger partial charge in [-0.3, -0.25) is 0 Å². The molecular weight excluding hydrogens is 374 g/mol. The lowest BCUT2D eigenvalue weighted by molar-refractivity contribution is 1.10. The highest BCUT2D eigenvalue weighted by molar-refractivity contribution is 9.10. The smallest absolute Gasteiger partial charge is 0.162 e. The Bertz CT molecular complexity index is 1020. The average Bonchev–Trinajstić information content (AvgIpc) is 2.67. The third-order valence-corrected chi connectivity index (χ3v) is 4.81. The summed E-state index contributed by atoms with van der Waals surface area (Å²) < 4.78 is 1.09. The molecule has 25 heavy (non-hydrogen) atoms. The second kappa shape index (κ2) is 7.03. The van der Waals surface area contributed by atoms with Crippen LogP contribution in [0.1, 0.15) is 5.56 Å². The van der Waals surface area contributed by atoms with Crippen molar-refractivity contribution in [1.82, 2.24) is 9.97 Å². The van der Waals surface area contributed by atoms with Crippen LogP contribution in [-0.4, -0.2) is 9.97 Å². The summed E-state index contributed by atoms with van der Waals surface area (Å²) in [7, 11) is 0. The molecule has 0 saturated carbocycles. The lowest BCUT2D eigenvalue weighted by Crippen LogP contribution is -2.04. The SMILES string of the molecule is Brc1ccccc1CNc1nc(-c2ccccc2)nc2ccccc12. The van der Waals surface area contributed by atoms with Crippen LogP contribution in [-0.2, 0) is 6.54 Å². The van der Waals surface area contributed by atoms with Gasteiger partial charge in [-0.25, -0.2) is 9.97 Å². The number of anilines is 1. The summed E-state index contributed by atoms with van der Waals surface area (Å²) in [6.07, 6.45) is 0. The molecule has 3 nitrogen and oxygen atoms in total. The maximum atomic E-state index is 4.78. The number of benzene rings is 3. The Morgan fingerprint density at radius 3 is 2.32 bits per heavy atom. The summed E-state index contributed by atoms with van der Waals surface area (Å²) in [6, 6.07) is 26.3. The first-order valence-electron chi connectivity index (χ1n) is 8.11. The summed E-state index contributed by atoms with van der Waals surface area (Å²) in [6.45, 7) is 0.691. The third-order valence-electron chi connectivity index (χ3n) is 4.04. The summed E-state index contributed by atoms with van der Waals surface area (Å²) in [5, 5.41) is 4.50. The Morgan fingerprint density at radius 1 is 0.760 bits per heavy atom. The standard InChI is InChI=1S/C21H16BrN3/c22-18-12-6-4-10-16(18)14-23-21-17-11-5-7-13-19(17)24-20(25-21)15-8-2-1-3-9-15/h1-13H,14H2,(H,23,24,25). The highest BCUT2D eigenvalue weighted by Gasteiger charge is 2.09. The van der Waals surface area contributed by atoms with Crippen LogP contribution < -0.4 is 5.32 Å². The molecule has 1 aromatic heterocycles. The van der Waals surface area contributed by atoms with Crippen molar-refractivity contribution in [3.8, 4) is 11.4 Å². The van der Waals surface area contributed by atoms with Crippen molar-refractivity contribution >= 4 is 32.7 Å². The average molecular weight is 390 g/mol. The number of nitrogens with one attached hydrogen (secondary N) is 1. The number of halogens is 1. The van der Waals surface area contributed by atoms with Crippen LogP contribution in [0.5, 0.6) is 0 Å². The zero-order valence-corrected chi connectivity index (χ0v) is 15.1. The Hall–Kier alpha value is -2.72. The molecule has 0 bridgehead atoms. The van der Waals surface area contributed by atoms with Crippen molar-refractivity contribution in [3.05, 3.63) is 88.9 Å². The van der Waals surface area contributed by atoms with Crippen LogP contribution in [0.3, 0.4) is 0 Å². The number of hydrogen-bond acceptors (Lipinski definition) is 3. The topological polar surface area (TPSA) is 37.8 Å². The van der Waals surface area contributed by atoms with E-state index in [2.05, 4.69) is 27.3 Å². The van der Waals surface area contributed by atoms with Crippen LogP contribution in [0.25, 0.3) is 22.3 Å². The Balaban J connectivity index is 1.75. The molecule has 4 heteroatoms. The van der Waals surface area contributed by atoms with Gasteiger partial charge in [0.2, 0.25) is 0 Å². The van der Waals surface area contributed by atoms with Crippen molar-refractivity contribution in [2.24, 2.45) is 0 Å². The van der Waals surface area contributed by atoms with Gasteiger partial charge in [0.15, 0.2) is 5.82 Å². The van der Waals surface area contributed by atoms with Gasteiger partial charge in [-0.15, -0.1) is 0 Å². The minimum atomic E-state index is 0.691. The molecule has 0 amide bonds. The summed E-state index contributed by atoms with van der Waals surface area (Å²) >= 11 is 3.60. The van der Waals surface area contributed by atoms with Crippen molar-refractivity contribution < 1.29 is 0 Å². The largest absolute Gasteiger partial charge is 0.365 e. The van der Waals surface area contributed by atoms with Gasteiger partial charge in [-0.1, -0.05) is 76.6 Å². The maximum Gasteiger partial charge on any atom is 0.162 e. The molecule has 4 rings (SSSR count). The van der Waals surface area contributed by atoms with Crippen molar-refractivity contribution in [3.63, 3.8) is 0 Å². The summed E-state index contributed by atoms with van der Waals surface area (Å²) in [5.41, 5.74) is 3.13. The van der Waals surface area contributed by atoms with Crippen molar-refractivity contribution in [2.75, 3.05) is 5.32 Å². The van der Waals surface area contributed by atoms with Crippen LogP contribution in [0.4, 0.5) is 5.82 Å². The number of para-hydroxylation sites is 1. The molecule has 0 aliphatic heterocycles. The molecule has 1 heterocycles. The molecule has 1 N–H and O–H groups in total. The number of aromatic nitrogens is 2. The molecule has 0 radical (unpaired) electrons. The van der Waals surface area contributed by atoms with Gasteiger partial charge in [0.25, 0.3) is 0 Å². The van der Waals surface area contributed by atoms with Crippen LogP contribution in [0, 0.1) is 0 Å². The number of rotatable bonds is 4. The minimum Gasteiger partial charge on any atom is -0.365 e. The Morgan fingerprint density at radius 2 is 1.48 bits per heavy atom. The Labute approximate surface area is 154 Å². The van der Waals surface area contributed by atoms with E-state index in [9.17, 15) is 0 Å². The molecule has 0 unspecified atom stereocenters. The van der Waals surface area contributed by atoms with E-state index in [-0.39, 0.29) is 0 Å². The predicted octanol–water partition coefficient (Wildman–Crippen LogP) is 5.67. The van der Waals surface area contributed by atoms with E-state index in [0.717, 1.165) is 32.6 Å². The summed E-state index contributed by atoms with van der Waals surface area (Å²) in [4.78, 5) is 9.50. The second-order valence-electron chi connectivity index (χ2n) is 5.72. The molecule has 122 valence electrons. The molecule has 0 fully saturated rings. The highest BCUT2D eigenvalue weighted by atomic mass is 79.9. The molecule has 0 aliphatic carbocycles. The molecule has 3 aromatic carbocycles. The van der Waals surface area contributed by atoms with Gasteiger partial charge < -0.3 is 5.32 Å². The van der Waals surface area contributed by atoms with Gasteiger partial charge in [0, 0.05) is 22.0 Å². The van der Waals surface area contributed by atoms with Gasteiger partial charge in [0.1, 0.15) is 5.82 Å². The van der Waals surface area contributed by atoms with Crippen LogP contribution in [0.2, 0.25) is 0 Å². The van der Waals surface area contributed by atoms with E-state index in [0.29, 0.717) is 6.54 Å². The second-order valence-corrected chi connectivity index (χ2v) is 6.58. The van der Waals surface area contributed by atoms with E-state index < -0.39 is 0 Å². The van der Waals surface area contributed by atoms with E-state index in [4.69, 9.17) is 9.97 Å². The molecule has 0 saturated heterocycles. The molecule has 4 aromatic rings. The lowest BCUT2D eigenvalue weighted by Gasteiger charge is -2.12. The predicted molar refractivity (Wildman–Crippen MR) is 106 cm³/mol. The molecular formula is C21H16BrN3. The number of hydrogen-bond donors (Lipinski definition) is 1. The minimum absolute atomic E-state index is 0.691. The fourth-order valence-electron chi connectivity index (χ4n) is 2.75. The third kappa shape index (κ3) is 3.39. The normalized spacial score (nSPS) is 10.8. The zero-order chi connectivity index (χ0) is 17.1. The first-order valence-corrected chi connectivity index (χ1v) is 8.90. The fourth-order valence-corrected chi connectivity index (χ4v) is 3.17. The van der Waals surface area contributed by atoms with Gasteiger partial charge >= 0.3 is 0 Å². The number of fused-ring (bicyclic) bond motifs is 1.